The zero-order chi connectivity index (χ0) is 12.3. The van der Waals surface area contributed by atoms with Gasteiger partial charge in [0.2, 0.25) is 0 Å². The van der Waals surface area contributed by atoms with Crippen LogP contribution >= 0.6 is 0 Å². The van der Waals surface area contributed by atoms with Crippen molar-refractivity contribution in [1.82, 2.24) is 10.7 Å². The van der Waals surface area contributed by atoms with Crippen LogP contribution in [0.25, 0.3) is 0 Å². The Morgan fingerprint density at radius 2 is 2.35 bits per heavy atom. The van der Waals surface area contributed by atoms with Crippen molar-refractivity contribution in [3.63, 3.8) is 0 Å². The predicted molar refractivity (Wildman–Crippen MR) is 67.5 cm³/mol. The molecule has 6 nitrogen and oxygen atoms in total. The molecule has 88 valence electrons. The van der Waals surface area contributed by atoms with E-state index in [0.717, 1.165) is 0 Å². The molecule has 0 saturated heterocycles. The lowest BCUT2D eigenvalue weighted by Crippen LogP contribution is -2.32. The van der Waals surface area contributed by atoms with Gasteiger partial charge in [-0.15, -0.1) is 0 Å². The molecule has 0 aliphatic carbocycles. The van der Waals surface area contributed by atoms with Crippen LogP contribution in [-0.4, -0.2) is 19.2 Å². The van der Waals surface area contributed by atoms with Crippen molar-refractivity contribution in [2.24, 2.45) is 5.10 Å². The highest BCUT2D eigenvalue weighted by atomic mass is 16.1. The molecule has 0 fully saturated rings. The van der Waals surface area contributed by atoms with Crippen LogP contribution < -0.4 is 21.6 Å². The summed E-state index contributed by atoms with van der Waals surface area (Å²) < 4.78 is 0. The molecule has 6 heteroatoms. The second-order valence-corrected chi connectivity index (χ2v) is 3.38. The van der Waals surface area contributed by atoms with Crippen LogP contribution in [0, 0.1) is 0 Å². The van der Waals surface area contributed by atoms with Crippen molar-refractivity contribution in [1.29, 1.82) is 0 Å². The van der Waals surface area contributed by atoms with Crippen LogP contribution in [0.5, 0.6) is 0 Å². The first-order valence-corrected chi connectivity index (χ1v) is 5.10. The molecular weight excluding hydrogens is 218 g/mol. The number of nitrogens with zero attached hydrogens (tertiary/aromatic N) is 2. The molecule has 0 bridgehead atoms. The number of nitrogens with two attached hydrogens (primary N) is 1. The second-order valence-electron chi connectivity index (χ2n) is 3.38. The summed E-state index contributed by atoms with van der Waals surface area (Å²) in [5.74, 6) is -0.221. The average Bonchev–Trinajstić information content (AvgIpc) is 2.39. The number of hydrogen-bond acceptors (Lipinski definition) is 5. The highest BCUT2D eigenvalue weighted by Gasteiger charge is 2.15. The maximum absolute atomic E-state index is 11.6. The normalized spacial score (nSPS) is 13.4. The van der Waals surface area contributed by atoms with Gasteiger partial charge in [-0.25, -0.2) is 0 Å². The average molecular weight is 231 g/mol. The third-order valence-corrected chi connectivity index (χ3v) is 2.34. The number of benzene rings is 1. The summed E-state index contributed by atoms with van der Waals surface area (Å²) in [6.45, 7) is 0. The van der Waals surface area contributed by atoms with E-state index >= 15 is 0 Å². The van der Waals surface area contributed by atoms with Crippen molar-refractivity contribution in [3.05, 3.63) is 36.0 Å². The molecule has 17 heavy (non-hydrogen) atoms. The fraction of sp³-hybridized carbons (Fsp3) is 0.0909. The minimum absolute atomic E-state index is 0.221. The Kier molecular flexibility index (Phi) is 2.95. The number of rotatable bonds is 2. The van der Waals surface area contributed by atoms with E-state index in [0.29, 0.717) is 16.9 Å². The zero-order valence-corrected chi connectivity index (χ0v) is 9.34. The first kappa shape index (κ1) is 11.0. The minimum atomic E-state index is -0.221. The van der Waals surface area contributed by atoms with E-state index in [1.54, 1.807) is 43.7 Å². The first-order valence-electron chi connectivity index (χ1n) is 5.10. The van der Waals surface area contributed by atoms with Crippen molar-refractivity contribution in [3.8, 4) is 0 Å². The third kappa shape index (κ3) is 2.05. The van der Waals surface area contributed by atoms with Crippen LogP contribution in [0.2, 0.25) is 0 Å². The number of hydrogen-bond donors (Lipinski definition) is 3. The lowest BCUT2D eigenvalue weighted by molar-refractivity contribution is 0.0964. The largest absolute Gasteiger partial charge is 0.396 e. The molecule has 0 saturated carbocycles. The van der Waals surface area contributed by atoms with Gasteiger partial charge < -0.3 is 11.1 Å². The Bertz CT molecular complexity index is 495. The highest BCUT2D eigenvalue weighted by molar-refractivity contribution is 6.01. The molecule has 1 aromatic rings. The van der Waals surface area contributed by atoms with E-state index in [1.807, 2.05) is 0 Å². The van der Waals surface area contributed by atoms with Gasteiger partial charge in [-0.1, -0.05) is 6.07 Å². The number of hydrazone groups is 1. The van der Waals surface area contributed by atoms with Crippen molar-refractivity contribution < 1.29 is 4.79 Å². The van der Waals surface area contributed by atoms with E-state index in [-0.39, 0.29) is 5.91 Å². The number of para-hydroxylation sites is 1. The van der Waals surface area contributed by atoms with Gasteiger partial charge >= 0.3 is 0 Å². The third-order valence-electron chi connectivity index (χ3n) is 2.34. The number of carbonyl (C=O) groups is 1. The Labute approximate surface area is 98.8 Å². The van der Waals surface area contributed by atoms with E-state index in [4.69, 9.17) is 5.73 Å². The summed E-state index contributed by atoms with van der Waals surface area (Å²) in [6.07, 6.45) is 5.11. The maximum atomic E-state index is 11.6. The zero-order valence-electron chi connectivity index (χ0n) is 9.34. The van der Waals surface area contributed by atoms with E-state index in [1.165, 1.54) is 5.12 Å². The number of nitrogens with one attached hydrogen (secondary N) is 2. The van der Waals surface area contributed by atoms with Crippen LogP contribution in [0.15, 0.2) is 35.6 Å². The molecule has 2 rings (SSSR count). The Hall–Kier alpha value is -2.50. The lowest BCUT2D eigenvalue weighted by Gasteiger charge is -2.22. The molecule has 1 heterocycles. The SMILES string of the molecule is CNC(=O)c1cccc(N2N=CC=CN2)c1N. The topological polar surface area (TPSA) is 82.8 Å². The first-order chi connectivity index (χ1) is 8.24. The molecule has 1 amide bonds. The Morgan fingerprint density at radius 1 is 1.53 bits per heavy atom. The number of nitrogen functional groups attached to an aromatic ring is 1. The van der Waals surface area contributed by atoms with Gasteiger partial charge in [0.05, 0.1) is 17.5 Å². The van der Waals surface area contributed by atoms with Gasteiger partial charge in [0.1, 0.15) is 5.69 Å². The van der Waals surface area contributed by atoms with Crippen LogP contribution in [0.1, 0.15) is 10.4 Å². The molecule has 1 aliphatic rings. The number of carbonyl (C=O) groups excluding carboxylic acids is 1. The molecule has 0 spiro atoms. The minimum Gasteiger partial charge on any atom is -0.396 e. The maximum Gasteiger partial charge on any atom is 0.253 e. The van der Waals surface area contributed by atoms with Gasteiger partial charge in [-0.2, -0.15) is 10.2 Å². The van der Waals surface area contributed by atoms with Crippen LogP contribution in [0.4, 0.5) is 11.4 Å². The highest BCUT2D eigenvalue weighted by Crippen LogP contribution is 2.26. The standard InChI is InChI=1S/C11H13N5O/c1-13-11(17)8-4-2-5-9(10(8)12)16-14-6-3-7-15-16/h2-7,14H,12H2,1H3,(H,13,17). The Morgan fingerprint density at radius 3 is 3.00 bits per heavy atom. The smallest absolute Gasteiger partial charge is 0.253 e. The van der Waals surface area contributed by atoms with Gasteiger partial charge in [0.25, 0.3) is 5.91 Å². The van der Waals surface area contributed by atoms with Crippen molar-refractivity contribution in [2.75, 3.05) is 17.9 Å². The summed E-state index contributed by atoms with van der Waals surface area (Å²) in [5, 5.41) is 8.13. The van der Waals surface area contributed by atoms with Gasteiger partial charge in [0, 0.05) is 13.2 Å². The molecule has 0 radical (unpaired) electrons. The van der Waals surface area contributed by atoms with E-state index in [9.17, 15) is 4.79 Å². The molecule has 1 aliphatic heterocycles. The van der Waals surface area contributed by atoms with Gasteiger partial charge in [-0.3, -0.25) is 10.2 Å². The number of hydrazine groups is 1. The molecule has 4 N–H and O–H groups in total. The predicted octanol–water partition coefficient (Wildman–Crippen LogP) is 0.453. The van der Waals surface area contributed by atoms with Gasteiger partial charge in [0.15, 0.2) is 0 Å². The van der Waals surface area contributed by atoms with E-state index in [2.05, 4.69) is 15.8 Å². The summed E-state index contributed by atoms with van der Waals surface area (Å²) >= 11 is 0. The van der Waals surface area contributed by atoms with Crippen LogP contribution in [-0.2, 0) is 0 Å². The number of anilines is 2. The summed E-state index contributed by atoms with van der Waals surface area (Å²) in [7, 11) is 1.56. The van der Waals surface area contributed by atoms with Crippen molar-refractivity contribution in [2.45, 2.75) is 0 Å². The molecule has 0 aromatic heterocycles. The molecule has 1 aromatic carbocycles. The summed E-state index contributed by atoms with van der Waals surface area (Å²) in [5.41, 5.74) is 10.3. The summed E-state index contributed by atoms with van der Waals surface area (Å²) in [4.78, 5) is 11.6. The molecule has 0 unspecified atom stereocenters. The van der Waals surface area contributed by atoms with Crippen molar-refractivity contribution >= 4 is 23.5 Å². The molecule has 0 atom stereocenters. The fourth-order valence-corrected chi connectivity index (χ4v) is 1.50. The lowest BCUT2D eigenvalue weighted by atomic mass is 10.1. The second kappa shape index (κ2) is 4.56. The fourth-order valence-electron chi connectivity index (χ4n) is 1.50. The number of allylic oxidation sites excluding steroid dienone is 1. The Balaban J connectivity index is 2.38. The quantitative estimate of drug-likeness (QED) is 0.645. The summed E-state index contributed by atoms with van der Waals surface area (Å²) in [6, 6.07) is 5.21. The molecular formula is C11H13N5O. The van der Waals surface area contributed by atoms with Gasteiger partial charge in [-0.05, 0) is 18.2 Å². The number of amides is 1. The van der Waals surface area contributed by atoms with E-state index < -0.39 is 0 Å². The monoisotopic (exact) mass is 231 g/mol. The van der Waals surface area contributed by atoms with Crippen LogP contribution in [0.3, 0.4) is 0 Å².